The Labute approximate surface area is 166 Å². The summed E-state index contributed by atoms with van der Waals surface area (Å²) in [5.74, 6) is -2.91. The summed E-state index contributed by atoms with van der Waals surface area (Å²) >= 11 is 0. The summed E-state index contributed by atoms with van der Waals surface area (Å²) in [7, 11) is 1.14. The Balaban J connectivity index is 1.78. The van der Waals surface area contributed by atoms with Crippen molar-refractivity contribution in [3.05, 3.63) is 59.2 Å². The molecule has 0 unspecified atom stereocenters. The van der Waals surface area contributed by atoms with E-state index < -0.39 is 23.1 Å². The molecule has 1 saturated carbocycles. The molecule has 2 aromatic rings. The number of carbonyl (C=O) groups excluding carboxylic acids is 3. The first-order chi connectivity index (χ1) is 13.8. The highest BCUT2D eigenvalue weighted by Crippen LogP contribution is 2.35. The fraction of sp³-hybridized carbons (Fsp3) is 0.286. The summed E-state index contributed by atoms with van der Waals surface area (Å²) in [4.78, 5) is 35.4. The number of amides is 2. The summed E-state index contributed by atoms with van der Waals surface area (Å²) in [6.45, 7) is 1.26. The fourth-order valence-corrected chi connectivity index (χ4v) is 3.15. The van der Waals surface area contributed by atoms with Gasteiger partial charge in [0.25, 0.3) is 0 Å². The first kappa shape index (κ1) is 20.4. The Hall–Kier alpha value is -3.29. The van der Waals surface area contributed by atoms with Crippen molar-refractivity contribution in [2.45, 2.75) is 31.8 Å². The first-order valence-corrected chi connectivity index (χ1v) is 9.00. The van der Waals surface area contributed by atoms with Crippen LogP contribution in [0.5, 0.6) is 0 Å². The highest BCUT2D eigenvalue weighted by Gasteiger charge is 2.50. The van der Waals surface area contributed by atoms with Crippen molar-refractivity contribution in [1.29, 1.82) is 0 Å². The molecule has 0 bridgehead atoms. The fourth-order valence-electron chi connectivity index (χ4n) is 3.15. The molecule has 0 spiro atoms. The van der Waals surface area contributed by atoms with Gasteiger partial charge in [-0.1, -0.05) is 24.3 Å². The second-order valence-corrected chi connectivity index (χ2v) is 6.91. The molecular weight excluding hydrogens is 382 g/mol. The van der Waals surface area contributed by atoms with E-state index >= 15 is 0 Å². The first-order valence-electron chi connectivity index (χ1n) is 9.00. The number of ether oxygens (including phenoxy) is 1. The van der Waals surface area contributed by atoms with Gasteiger partial charge in [0.1, 0.15) is 22.7 Å². The summed E-state index contributed by atoms with van der Waals surface area (Å²) in [5, 5.41) is 5.24. The number of hydrogen-bond donors (Lipinski definition) is 2. The molecule has 8 heteroatoms. The average Bonchev–Trinajstić information content (AvgIpc) is 3.46. The van der Waals surface area contributed by atoms with Crippen LogP contribution in [-0.4, -0.2) is 30.4 Å². The summed E-state index contributed by atoms with van der Waals surface area (Å²) in [6.07, 6.45) is 1.07. The highest BCUT2D eigenvalue weighted by molar-refractivity contribution is 5.97. The zero-order valence-corrected chi connectivity index (χ0v) is 16.0. The van der Waals surface area contributed by atoms with E-state index in [1.165, 1.54) is 37.3 Å². The van der Waals surface area contributed by atoms with Crippen molar-refractivity contribution in [1.82, 2.24) is 10.6 Å². The normalized spacial score (nSPS) is 14.1. The minimum atomic E-state index is -0.904. The van der Waals surface area contributed by atoms with Crippen molar-refractivity contribution in [2.75, 3.05) is 7.11 Å². The van der Waals surface area contributed by atoms with Crippen molar-refractivity contribution >= 4 is 17.8 Å². The van der Waals surface area contributed by atoms with Gasteiger partial charge in [-0.3, -0.25) is 9.59 Å². The van der Waals surface area contributed by atoms with Gasteiger partial charge in [0.05, 0.1) is 7.11 Å². The van der Waals surface area contributed by atoms with Gasteiger partial charge in [-0.05, 0) is 36.1 Å². The Morgan fingerprint density at radius 2 is 1.83 bits per heavy atom. The molecule has 0 heterocycles. The topological polar surface area (TPSA) is 84.5 Å². The molecule has 0 aliphatic heterocycles. The lowest BCUT2D eigenvalue weighted by Gasteiger charge is -2.16. The number of halogens is 2. The molecule has 2 N–H and O–H groups in total. The zero-order chi connectivity index (χ0) is 21.2. The molecule has 0 aromatic heterocycles. The van der Waals surface area contributed by atoms with Crippen molar-refractivity contribution in [3.8, 4) is 11.1 Å². The number of benzene rings is 2. The van der Waals surface area contributed by atoms with E-state index in [2.05, 4.69) is 15.4 Å². The summed E-state index contributed by atoms with van der Waals surface area (Å²) in [6, 6.07) is 8.19. The molecule has 0 atom stereocenters. The van der Waals surface area contributed by atoms with Crippen LogP contribution < -0.4 is 10.6 Å². The number of methoxy groups -OCH3 is 1. The predicted octanol–water partition coefficient (Wildman–Crippen LogP) is 2.70. The Morgan fingerprint density at radius 3 is 2.41 bits per heavy atom. The predicted molar refractivity (Wildman–Crippen MR) is 101 cm³/mol. The third kappa shape index (κ3) is 4.26. The van der Waals surface area contributed by atoms with Crippen LogP contribution in [0.1, 0.15) is 35.7 Å². The maximum Gasteiger partial charge on any atom is 0.341 e. The molecular formula is C21H20F2N2O4. The van der Waals surface area contributed by atoms with E-state index in [0.717, 1.165) is 13.2 Å². The van der Waals surface area contributed by atoms with Crippen molar-refractivity contribution < 1.29 is 27.9 Å². The lowest BCUT2D eigenvalue weighted by atomic mass is 9.98. The number of carbonyl (C=O) groups is 3. The van der Waals surface area contributed by atoms with Crippen LogP contribution in [0, 0.1) is 11.6 Å². The smallest absolute Gasteiger partial charge is 0.341 e. The minimum absolute atomic E-state index is 0.0701. The van der Waals surface area contributed by atoms with Crippen LogP contribution in [0.15, 0.2) is 36.4 Å². The number of hydrogen-bond acceptors (Lipinski definition) is 4. The van der Waals surface area contributed by atoms with Gasteiger partial charge in [-0.2, -0.15) is 0 Å². The number of esters is 1. The quantitative estimate of drug-likeness (QED) is 0.728. The maximum atomic E-state index is 14.6. The van der Waals surface area contributed by atoms with E-state index in [-0.39, 0.29) is 35.0 Å². The summed E-state index contributed by atoms with van der Waals surface area (Å²) < 4.78 is 33.3. The van der Waals surface area contributed by atoms with E-state index in [9.17, 15) is 23.2 Å². The molecule has 152 valence electrons. The second-order valence-electron chi connectivity index (χ2n) is 6.91. The second kappa shape index (κ2) is 7.98. The molecule has 6 nitrogen and oxygen atoms in total. The van der Waals surface area contributed by atoms with Crippen molar-refractivity contribution in [2.24, 2.45) is 0 Å². The third-order valence-electron chi connectivity index (χ3n) is 4.81. The molecule has 0 saturated heterocycles. The Morgan fingerprint density at radius 1 is 1.10 bits per heavy atom. The molecule has 29 heavy (non-hydrogen) atoms. The largest absolute Gasteiger partial charge is 0.465 e. The van der Waals surface area contributed by atoms with Gasteiger partial charge in [0, 0.05) is 19.0 Å². The number of nitrogens with one attached hydrogen (secondary N) is 2. The Bertz CT molecular complexity index is 987. The summed E-state index contributed by atoms with van der Waals surface area (Å²) in [5.41, 5.74) is -0.458. The highest BCUT2D eigenvalue weighted by atomic mass is 19.1. The Kier molecular flexibility index (Phi) is 5.63. The maximum absolute atomic E-state index is 14.6. The lowest BCUT2D eigenvalue weighted by molar-refractivity contribution is -0.129. The van der Waals surface area contributed by atoms with Gasteiger partial charge in [-0.15, -0.1) is 0 Å². The van der Waals surface area contributed by atoms with Gasteiger partial charge in [0.15, 0.2) is 0 Å². The van der Waals surface area contributed by atoms with Gasteiger partial charge in [-0.25, -0.2) is 13.6 Å². The van der Waals surface area contributed by atoms with Crippen LogP contribution in [0.25, 0.3) is 11.1 Å². The van der Waals surface area contributed by atoms with Gasteiger partial charge in [0.2, 0.25) is 11.8 Å². The standard InChI is InChI=1S/C21H20F2N2O4/c1-12(26)25-21(8-9-21)20(28)24-11-14-7-6-13(10-17(14)23)15-4-3-5-16(22)18(15)19(27)29-2/h3-7,10H,8-9,11H2,1-2H3,(H,24,28)(H,25,26). The van der Waals surface area contributed by atoms with Crippen LogP contribution >= 0.6 is 0 Å². The van der Waals surface area contributed by atoms with Crippen LogP contribution in [-0.2, 0) is 20.9 Å². The lowest BCUT2D eigenvalue weighted by Crippen LogP contribution is -2.48. The van der Waals surface area contributed by atoms with Crippen molar-refractivity contribution in [3.63, 3.8) is 0 Å². The van der Waals surface area contributed by atoms with E-state index in [0.29, 0.717) is 18.4 Å². The molecule has 3 rings (SSSR count). The SMILES string of the molecule is COC(=O)c1c(F)cccc1-c1ccc(CNC(=O)C2(NC(C)=O)CC2)c(F)c1. The molecule has 1 fully saturated rings. The van der Waals surface area contributed by atoms with Gasteiger partial charge >= 0.3 is 5.97 Å². The zero-order valence-electron chi connectivity index (χ0n) is 16.0. The molecule has 0 radical (unpaired) electrons. The van der Waals surface area contributed by atoms with Crippen LogP contribution in [0.2, 0.25) is 0 Å². The van der Waals surface area contributed by atoms with Crippen LogP contribution in [0.4, 0.5) is 8.78 Å². The van der Waals surface area contributed by atoms with E-state index in [1.807, 2.05) is 0 Å². The number of rotatable bonds is 6. The third-order valence-corrected chi connectivity index (χ3v) is 4.81. The molecule has 2 amide bonds. The van der Waals surface area contributed by atoms with Crippen LogP contribution in [0.3, 0.4) is 0 Å². The van der Waals surface area contributed by atoms with Gasteiger partial charge < -0.3 is 15.4 Å². The van der Waals surface area contributed by atoms with E-state index in [4.69, 9.17) is 0 Å². The van der Waals surface area contributed by atoms with E-state index in [1.54, 1.807) is 0 Å². The molecule has 2 aromatic carbocycles. The average molecular weight is 402 g/mol. The monoisotopic (exact) mass is 402 g/mol. The molecule has 1 aliphatic carbocycles. The minimum Gasteiger partial charge on any atom is -0.465 e. The molecule has 1 aliphatic rings.